The number of hydrogen-bond acceptors (Lipinski definition) is 2. The van der Waals surface area contributed by atoms with Gasteiger partial charge in [-0.2, -0.15) is 0 Å². The van der Waals surface area contributed by atoms with Gasteiger partial charge in [-0.3, -0.25) is 0 Å². The third-order valence-electron chi connectivity index (χ3n) is 3.38. The molecule has 1 N–H and O–H groups in total. The van der Waals surface area contributed by atoms with Crippen molar-refractivity contribution in [2.24, 2.45) is 5.92 Å². The number of hydrogen-bond donors (Lipinski definition) is 1. The minimum absolute atomic E-state index is 0.189. The molecule has 0 heterocycles. The quantitative estimate of drug-likeness (QED) is 0.819. The second kappa shape index (κ2) is 5.50. The van der Waals surface area contributed by atoms with Gasteiger partial charge in [-0.1, -0.05) is 18.9 Å². The summed E-state index contributed by atoms with van der Waals surface area (Å²) in [6, 6.07) is 5.34. The predicted molar refractivity (Wildman–Crippen MR) is 66.7 cm³/mol. The molecule has 0 bridgehead atoms. The maximum absolute atomic E-state index is 13.5. The Morgan fingerprint density at radius 2 is 2.24 bits per heavy atom. The lowest BCUT2D eigenvalue weighted by Gasteiger charge is -2.15. The fourth-order valence-electron chi connectivity index (χ4n) is 1.98. The molecule has 1 fully saturated rings. The molecule has 1 saturated carbocycles. The van der Waals surface area contributed by atoms with Gasteiger partial charge < -0.3 is 10.1 Å². The molecule has 94 valence electrons. The molecule has 3 heteroatoms. The van der Waals surface area contributed by atoms with Crippen LogP contribution in [0.5, 0.6) is 5.75 Å². The molecule has 0 saturated heterocycles. The van der Waals surface area contributed by atoms with Gasteiger partial charge in [-0.05, 0) is 43.5 Å². The van der Waals surface area contributed by atoms with Crippen molar-refractivity contribution in [3.05, 3.63) is 29.6 Å². The molecule has 2 rings (SSSR count). The van der Waals surface area contributed by atoms with Gasteiger partial charge in [-0.15, -0.1) is 0 Å². The van der Waals surface area contributed by atoms with Crippen LogP contribution in [-0.2, 0) is 0 Å². The summed E-state index contributed by atoms with van der Waals surface area (Å²) in [5.41, 5.74) is 0.971. The fourth-order valence-corrected chi connectivity index (χ4v) is 1.98. The third-order valence-corrected chi connectivity index (χ3v) is 3.38. The van der Waals surface area contributed by atoms with Crippen LogP contribution in [0, 0.1) is 11.7 Å². The first kappa shape index (κ1) is 12.4. The van der Waals surface area contributed by atoms with Gasteiger partial charge in [0.05, 0.1) is 7.11 Å². The number of halogens is 1. The summed E-state index contributed by atoms with van der Waals surface area (Å²) >= 11 is 0. The molecule has 0 aromatic heterocycles. The van der Waals surface area contributed by atoms with Crippen molar-refractivity contribution in [2.75, 3.05) is 13.7 Å². The Morgan fingerprint density at radius 3 is 2.82 bits per heavy atom. The van der Waals surface area contributed by atoms with Crippen LogP contribution in [-0.4, -0.2) is 13.7 Å². The molecule has 1 aliphatic carbocycles. The van der Waals surface area contributed by atoms with Gasteiger partial charge in [0.15, 0.2) is 11.6 Å². The van der Waals surface area contributed by atoms with E-state index in [0.29, 0.717) is 5.75 Å². The molecular weight excluding hydrogens is 217 g/mol. The van der Waals surface area contributed by atoms with E-state index in [1.807, 2.05) is 6.07 Å². The summed E-state index contributed by atoms with van der Waals surface area (Å²) in [6.07, 6.45) is 4.00. The monoisotopic (exact) mass is 237 g/mol. The highest BCUT2D eigenvalue weighted by Crippen LogP contribution is 2.32. The van der Waals surface area contributed by atoms with Gasteiger partial charge in [-0.25, -0.2) is 4.39 Å². The average molecular weight is 237 g/mol. The molecule has 1 atom stereocenters. The van der Waals surface area contributed by atoms with E-state index in [9.17, 15) is 4.39 Å². The van der Waals surface area contributed by atoms with Crippen molar-refractivity contribution in [1.82, 2.24) is 5.32 Å². The maximum Gasteiger partial charge on any atom is 0.165 e. The van der Waals surface area contributed by atoms with Crippen molar-refractivity contribution in [3.8, 4) is 5.75 Å². The summed E-state index contributed by atoms with van der Waals surface area (Å²) < 4.78 is 18.4. The van der Waals surface area contributed by atoms with E-state index in [1.165, 1.54) is 26.4 Å². The van der Waals surface area contributed by atoms with Crippen LogP contribution in [0.25, 0.3) is 0 Å². The largest absolute Gasteiger partial charge is 0.494 e. The van der Waals surface area contributed by atoms with Crippen molar-refractivity contribution < 1.29 is 9.13 Å². The summed E-state index contributed by atoms with van der Waals surface area (Å²) in [6.45, 7) is 3.08. The van der Waals surface area contributed by atoms with Crippen LogP contribution in [0.3, 0.4) is 0 Å². The fraction of sp³-hybridized carbons (Fsp3) is 0.571. The first-order valence-corrected chi connectivity index (χ1v) is 6.27. The molecule has 2 nitrogen and oxygen atoms in total. The van der Waals surface area contributed by atoms with Crippen molar-refractivity contribution in [1.29, 1.82) is 0 Å². The van der Waals surface area contributed by atoms with Crippen LogP contribution in [0.4, 0.5) is 4.39 Å². The first-order valence-electron chi connectivity index (χ1n) is 6.27. The minimum atomic E-state index is -0.291. The van der Waals surface area contributed by atoms with E-state index in [4.69, 9.17) is 4.74 Å². The summed E-state index contributed by atoms with van der Waals surface area (Å²) in [5.74, 6) is 0.946. The van der Waals surface area contributed by atoms with E-state index in [2.05, 4.69) is 12.2 Å². The molecule has 1 aromatic rings. The van der Waals surface area contributed by atoms with Gasteiger partial charge >= 0.3 is 0 Å². The smallest absolute Gasteiger partial charge is 0.165 e. The number of benzene rings is 1. The Labute approximate surface area is 102 Å². The number of nitrogens with one attached hydrogen (secondary N) is 1. The van der Waals surface area contributed by atoms with Crippen LogP contribution >= 0.6 is 0 Å². The molecule has 0 amide bonds. The van der Waals surface area contributed by atoms with E-state index < -0.39 is 0 Å². The highest BCUT2D eigenvalue weighted by Gasteiger charge is 2.20. The topological polar surface area (TPSA) is 21.3 Å². The lowest BCUT2D eigenvalue weighted by Crippen LogP contribution is -2.20. The molecule has 0 spiro atoms. The predicted octanol–water partition coefficient (Wildman–Crippen LogP) is 3.29. The van der Waals surface area contributed by atoms with E-state index in [1.54, 1.807) is 12.1 Å². The molecule has 0 radical (unpaired) electrons. The van der Waals surface area contributed by atoms with Crippen LogP contribution < -0.4 is 10.1 Å². The SMILES string of the molecule is COc1ccc(C(C)NCCC2CC2)cc1F. The van der Waals surface area contributed by atoms with Gasteiger partial charge in [0.2, 0.25) is 0 Å². The Bertz CT molecular complexity index is 376. The second-order valence-corrected chi connectivity index (χ2v) is 4.80. The summed E-state index contributed by atoms with van der Waals surface area (Å²) in [5, 5.41) is 3.43. The molecule has 1 aromatic carbocycles. The number of ether oxygens (including phenoxy) is 1. The van der Waals surface area contributed by atoms with Crippen molar-refractivity contribution in [2.45, 2.75) is 32.2 Å². The van der Waals surface area contributed by atoms with E-state index in [0.717, 1.165) is 18.0 Å². The van der Waals surface area contributed by atoms with Crippen molar-refractivity contribution in [3.63, 3.8) is 0 Å². The molecule has 0 aliphatic heterocycles. The zero-order chi connectivity index (χ0) is 12.3. The second-order valence-electron chi connectivity index (χ2n) is 4.80. The zero-order valence-electron chi connectivity index (χ0n) is 10.5. The highest BCUT2D eigenvalue weighted by molar-refractivity contribution is 5.30. The Morgan fingerprint density at radius 1 is 1.47 bits per heavy atom. The third kappa shape index (κ3) is 3.43. The lowest BCUT2D eigenvalue weighted by molar-refractivity contribution is 0.385. The molecular formula is C14H20FNO. The molecule has 1 aliphatic rings. The Hall–Kier alpha value is -1.09. The van der Waals surface area contributed by atoms with Crippen LogP contribution in [0.15, 0.2) is 18.2 Å². The Balaban J connectivity index is 1.88. The van der Waals surface area contributed by atoms with Gasteiger partial charge in [0.1, 0.15) is 0 Å². The summed E-state index contributed by atoms with van der Waals surface area (Å²) in [4.78, 5) is 0. The average Bonchev–Trinajstić information content (AvgIpc) is 3.13. The standard InChI is InChI=1S/C14H20FNO/c1-10(16-8-7-11-3-4-11)12-5-6-14(17-2)13(15)9-12/h5-6,9-11,16H,3-4,7-8H2,1-2H3. The normalized spacial score (nSPS) is 16.9. The van der Waals surface area contributed by atoms with E-state index >= 15 is 0 Å². The van der Waals surface area contributed by atoms with Gasteiger partial charge in [0, 0.05) is 6.04 Å². The summed E-state index contributed by atoms with van der Waals surface area (Å²) in [7, 11) is 1.48. The van der Waals surface area contributed by atoms with Crippen LogP contribution in [0.1, 0.15) is 37.8 Å². The van der Waals surface area contributed by atoms with Gasteiger partial charge in [0.25, 0.3) is 0 Å². The Kier molecular flexibility index (Phi) is 4.00. The molecule has 17 heavy (non-hydrogen) atoms. The zero-order valence-corrected chi connectivity index (χ0v) is 10.5. The van der Waals surface area contributed by atoms with E-state index in [-0.39, 0.29) is 11.9 Å². The number of methoxy groups -OCH3 is 1. The first-order chi connectivity index (χ1) is 8.20. The minimum Gasteiger partial charge on any atom is -0.494 e. The van der Waals surface area contributed by atoms with Crippen LogP contribution in [0.2, 0.25) is 0 Å². The lowest BCUT2D eigenvalue weighted by atomic mass is 10.1. The number of rotatable bonds is 6. The van der Waals surface area contributed by atoms with Crippen molar-refractivity contribution >= 4 is 0 Å². The molecule has 1 unspecified atom stereocenters. The highest BCUT2D eigenvalue weighted by atomic mass is 19.1. The maximum atomic E-state index is 13.5.